The Balaban J connectivity index is 1.14. The van der Waals surface area contributed by atoms with Gasteiger partial charge in [0.25, 0.3) is 0 Å². The van der Waals surface area contributed by atoms with E-state index in [1.807, 2.05) is 36.4 Å². The van der Waals surface area contributed by atoms with Crippen LogP contribution in [0.2, 0.25) is 0 Å². The highest BCUT2D eigenvalue weighted by molar-refractivity contribution is 5.81. The van der Waals surface area contributed by atoms with E-state index in [4.69, 9.17) is 28.3 Å². The van der Waals surface area contributed by atoms with Gasteiger partial charge in [-0.15, -0.1) is 0 Å². The van der Waals surface area contributed by atoms with Crippen molar-refractivity contribution in [1.82, 2.24) is 9.97 Å². The quantitative estimate of drug-likeness (QED) is 0.114. The Bertz CT molecular complexity index is 1650. The number of oxazole rings is 2. The highest BCUT2D eigenvalue weighted by Gasteiger charge is 2.24. The number of rotatable bonds is 14. The van der Waals surface area contributed by atoms with Crippen molar-refractivity contribution in [1.29, 1.82) is 0 Å². The Kier molecular flexibility index (Phi) is 10.6. The van der Waals surface area contributed by atoms with Crippen LogP contribution in [0.4, 0.5) is 0 Å². The molecule has 2 aliphatic rings. The number of benzene rings is 3. The first-order chi connectivity index (χ1) is 23.7. The lowest BCUT2D eigenvalue weighted by Gasteiger charge is -2.24. The average Bonchev–Trinajstić information content (AvgIpc) is 3.76. The third kappa shape index (κ3) is 7.40. The Hall–Kier alpha value is -3.88. The van der Waals surface area contributed by atoms with E-state index >= 15 is 0 Å². The van der Waals surface area contributed by atoms with Crippen molar-refractivity contribution in [3.63, 3.8) is 0 Å². The van der Waals surface area contributed by atoms with Gasteiger partial charge in [-0.2, -0.15) is 0 Å². The largest absolute Gasteiger partial charge is 0.493 e. The van der Waals surface area contributed by atoms with Crippen molar-refractivity contribution < 1.29 is 28.5 Å². The van der Waals surface area contributed by atoms with Gasteiger partial charge in [0.05, 0.1) is 13.2 Å². The molecule has 8 heteroatoms. The average molecular weight is 653 g/mol. The molecule has 2 heterocycles. The van der Waals surface area contributed by atoms with Crippen LogP contribution in [0, 0.1) is 0 Å². The molecule has 2 aromatic heterocycles. The second-order valence-electron chi connectivity index (χ2n) is 13.6. The summed E-state index contributed by atoms with van der Waals surface area (Å²) < 4.78 is 25.1. The highest BCUT2D eigenvalue weighted by atomic mass is 16.5. The standard InChI is InChI=1S/C40H48N2O6/c43-19-7-9-21-45-35-25-37-33(23-31(35)27-11-3-1-4-12-27)41-39(47-37)29-15-17-30(18-16-29)40-42-34-24-32(28-13-5-2-6-14-28)36(26-38(34)48-40)46-22-10-8-20-44/h15-18,23-28,43-44H,1-14,19-22H2. The van der Waals surface area contributed by atoms with Crippen LogP contribution in [0.25, 0.3) is 45.1 Å². The summed E-state index contributed by atoms with van der Waals surface area (Å²) in [6, 6.07) is 16.4. The molecule has 3 aromatic carbocycles. The van der Waals surface area contributed by atoms with Crippen LogP contribution in [0.15, 0.2) is 57.4 Å². The topological polar surface area (TPSA) is 111 Å². The lowest BCUT2D eigenvalue weighted by Crippen LogP contribution is -2.08. The van der Waals surface area contributed by atoms with Gasteiger partial charge in [-0.1, -0.05) is 38.5 Å². The second kappa shape index (κ2) is 15.6. The van der Waals surface area contributed by atoms with Gasteiger partial charge in [0.2, 0.25) is 11.8 Å². The van der Waals surface area contributed by atoms with Crippen LogP contribution in [-0.4, -0.2) is 46.6 Å². The van der Waals surface area contributed by atoms with Crippen molar-refractivity contribution in [2.75, 3.05) is 26.4 Å². The maximum Gasteiger partial charge on any atom is 0.227 e. The summed E-state index contributed by atoms with van der Waals surface area (Å²) >= 11 is 0. The number of aliphatic hydroxyl groups is 2. The van der Waals surface area contributed by atoms with Crippen LogP contribution in [0.1, 0.15) is 113 Å². The zero-order valence-corrected chi connectivity index (χ0v) is 27.9. The van der Waals surface area contributed by atoms with Gasteiger partial charge in [0.1, 0.15) is 22.5 Å². The van der Waals surface area contributed by atoms with Crippen molar-refractivity contribution in [3.8, 4) is 34.4 Å². The number of ether oxygens (including phenoxy) is 2. The maximum atomic E-state index is 9.20. The molecule has 5 aromatic rings. The molecule has 0 spiro atoms. The first-order valence-electron chi connectivity index (χ1n) is 18.2. The third-order valence-electron chi connectivity index (χ3n) is 10.1. The Labute approximate surface area is 282 Å². The molecule has 0 aliphatic heterocycles. The van der Waals surface area contributed by atoms with Crippen LogP contribution in [0.3, 0.4) is 0 Å². The summed E-state index contributed by atoms with van der Waals surface area (Å²) in [6.45, 7) is 1.51. The lowest BCUT2D eigenvalue weighted by atomic mass is 9.83. The fraction of sp³-hybridized carbons (Fsp3) is 0.500. The summed E-state index contributed by atoms with van der Waals surface area (Å²) in [5.74, 6) is 3.85. The first-order valence-corrected chi connectivity index (χ1v) is 18.2. The van der Waals surface area contributed by atoms with Gasteiger partial charge in [0.15, 0.2) is 11.2 Å². The summed E-state index contributed by atoms with van der Waals surface area (Å²) in [5, 5.41) is 18.4. The molecule has 2 aliphatic carbocycles. The third-order valence-corrected chi connectivity index (χ3v) is 10.1. The minimum atomic E-state index is 0.179. The molecule has 7 rings (SSSR count). The highest BCUT2D eigenvalue weighted by Crippen LogP contribution is 2.42. The van der Waals surface area contributed by atoms with E-state index < -0.39 is 0 Å². The molecule has 0 radical (unpaired) electrons. The molecule has 0 amide bonds. The summed E-state index contributed by atoms with van der Waals surface area (Å²) in [5.41, 5.74) is 7.34. The van der Waals surface area contributed by atoms with Gasteiger partial charge in [-0.25, -0.2) is 9.97 Å². The molecule has 2 fully saturated rings. The number of fused-ring (bicyclic) bond motifs is 2. The predicted molar refractivity (Wildman–Crippen MR) is 188 cm³/mol. The van der Waals surface area contributed by atoms with E-state index in [2.05, 4.69) is 12.1 Å². The van der Waals surface area contributed by atoms with Crippen molar-refractivity contribution in [2.24, 2.45) is 0 Å². The van der Waals surface area contributed by atoms with E-state index in [1.54, 1.807) is 0 Å². The van der Waals surface area contributed by atoms with E-state index in [0.29, 0.717) is 48.0 Å². The summed E-state index contributed by atoms with van der Waals surface area (Å²) in [4.78, 5) is 9.81. The van der Waals surface area contributed by atoms with Crippen molar-refractivity contribution in [2.45, 2.75) is 102 Å². The molecule has 254 valence electrons. The monoisotopic (exact) mass is 652 g/mol. The van der Waals surface area contributed by atoms with Crippen molar-refractivity contribution >= 4 is 22.2 Å². The number of hydrogen-bond donors (Lipinski definition) is 2. The van der Waals surface area contributed by atoms with Gasteiger partial charge in [0, 0.05) is 36.5 Å². The molecule has 2 saturated carbocycles. The van der Waals surface area contributed by atoms with Crippen LogP contribution in [-0.2, 0) is 0 Å². The second-order valence-corrected chi connectivity index (χ2v) is 13.6. The van der Waals surface area contributed by atoms with Crippen LogP contribution in [0.5, 0.6) is 11.5 Å². The van der Waals surface area contributed by atoms with Gasteiger partial charge in [-0.05, 0) is 111 Å². The molecular formula is C40H48N2O6. The molecular weight excluding hydrogens is 604 g/mol. The minimum absolute atomic E-state index is 0.179. The van der Waals surface area contributed by atoms with E-state index in [9.17, 15) is 10.2 Å². The van der Waals surface area contributed by atoms with Crippen LogP contribution >= 0.6 is 0 Å². The Morgan fingerprint density at radius 1 is 0.562 bits per heavy atom. The maximum absolute atomic E-state index is 9.20. The fourth-order valence-electron chi connectivity index (χ4n) is 7.45. The zero-order valence-electron chi connectivity index (χ0n) is 27.9. The molecule has 0 atom stereocenters. The number of aromatic nitrogens is 2. The molecule has 48 heavy (non-hydrogen) atoms. The van der Waals surface area contributed by atoms with Gasteiger partial charge < -0.3 is 28.5 Å². The van der Waals surface area contributed by atoms with E-state index in [0.717, 1.165) is 59.3 Å². The normalized spacial score (nSPS) is 16.2. The molecule has 8 nitrogen and oxygen atoms in total. The summed E-state index contributed by atoms with van der Waals surface area (Å²) in [6.07, 6.45) is 15.3. The first kappa shape index (κ1) is 32.7. The smallest absolute Gasteiger partial charge is 0.227 e. The Morgan fingerprint density at radius 3 is 1.38 bits per heavy atom. The predicted octanol–water partition coefficient (Wildman–Crippen LogP) is 9.70. The number of hydrogen-bond acceptors (Lipinski definition) is 8. The van der Waals surface area contributed by atoms with Crippen LogP contribution < -0.4 is 9.47 Å². The molecule has 0 unspecified atom stereocenters. The van der Waals surface area contributed by atoms with Gasteiger partial charge >= 0.3 is 0 Å². The van der Waals surface area contributed by atoms with E-state index in [-0.39, 0.29) is 13.2 Å². The Morgan fingerprint density at radius 2 is 0.979 bits per heavy atom. The SMILES string of the molecule is OCCCCOc1cc2oc(-c3ccc(-c4nc5cc(C6CCCCC6)c(OCCCCO)cc5o4)cc3)nc2cc1C1CCCCC1. The number of aliphatic hydroxyl groups excluding tert-OH is 2. The summed E-state index contributed by atoms with van der Waals surface area (Å²) in [7, 11) is 0. The molecule has 0 saturated heterocycles. The van der Waals surface area contributed by atoms with E-state index in [1.165, 1.54) is 75.3 Å². The zero-order chi connectivity index (χ0) is 32.7. The molecule has 0 bridgehead atoms. The number of unbranched alkanes of at least 4 members (excludes halogenated alkanes) is 2. The minimum Gasteiger partial charge on any atom is -0.493 e. The van der Waals surface area contributed by atoms with Crippen molar-refractivity contribution in [3.05, 3.63) is 59.7 Å². The fourth-order valence-corrected chi connectivity index (χ4v) is 7.45. The van der Waals surface area contributed by atoms with Gasteiger partial charge in [-0.3, -0.25) is 0 Å². The molecule has 2 N–H and O–H groups in total. The number of nitrogens with zero attached hydrogens (tertiary/aromatic N) is 2. The lowest BCUT2D eigenvalue weighted by molar-refractivity contribution is 0.251.